The molecule has 1 aromatic rings. The Hall–Kier alpha value is -0.870. The van der Waals surface area contributed by atoms with Crippen LogP contribution in [0.15, 0.2) is 18.3 Å². The molecule has 1 heterocycles. The van der Waals surface area contributed by atoms with Crippen molar-refractivity contribution in [3.05, 3.63) is 29.6 Å². The van der Waals surface area contributed by atoms with Crippen molar-refractivity contribution in [2.24, 2.45) is 5.73 Å². The summed E-state index contributed by atoms with van der Waals surface area (Å²) in [5.41, 5.74) is 6.95. The van der Waals surface area contributed by atoms with Gasteiger partial charge in [0, 0.05) is 12.1 Å². The van der Waals surface area contributed by atoms with E-state index in [4.69, 9.17) is 5.73 Å². The van der Waals surface area contributed by atoms with Crippen LogP contribution in [0.2, 0.25) is 0 Å². The number of aromatic nitrogens is 1. The summed E-state index contributed by atoms with van der Waals surface area (Å²) >= 11 is 1.08. The molecule has 0 bridgehead atoms. The number of carbonyl (C=O) groups excluding carboxylic acids is 1. The van der Waals surface area contributed by atoms with Crippen LogP contribution in [0.3, 0.4) is 0 Å². The number of aryl methyl sites for hydroxylation is 1. The van der Waals surface area contributed by atoms with Crippen molar-refractivity contribution in [1.29, 1.82) is 0 Å². The lowest BCUT2D eigenvalue weighted by Crippen LogP contribution is -2.03. The summed E-state index contributed by atoms with van der Waals surface area (Å²) in [6, 6.07) is 3.74. The van der Waals surface area contributed by atoms with E-state index in [1.807, 2.05) is 6.07 Å². The zero-order valence-electron chi connectivity index (χ0n) is 8.90. The Kier molecular flexibility index (Phi) is 5.36. The third kappa shape index (κ3) is 4.01. The van der Waals surface area contributed by atoms with Gasteiger partial charge >= 0.3 is 0 Å². The fraction of sp³-hybridized carbons (Fsp3) is 0.455. The Bertz CT molecular complexity index is 311. The number of pyridine rings is 1. The maximum absolute atomic E-state index is 11.4. The fourth-order valence-corrected chi connectivity index (χ4v) is 1.64. The summed E-state index contributed by atoms with van der Waals surface area (Å²) in [6.45, 7) is 2.16. The molecule has 0 amide bonds. The van der Waals surface area contributed by atoms with E-state index in [-0.39, 0.29) is 5.12 Å². The lowest BCUT2D eigenvalue weighted by molar-refractivity contribution is 0.108. The molecule has 0 aliphatic heterocycles. The van der Waals surface area contributed by atoms with Crippen LogP contribution in [0.1, 0.15) is 35.8 Å². The summed E-state index contributed by atoms with van der Waals surface area (Å²) in [5, 5.41) is -0.0560. The second-order valence-electron chi connectivity index (χ2n) is 3.25. The lowest BCUT2D eigenvalue weighted by Gasteiger charge is -2.01. The molecule has 15 heavy (non-hydrogen) atoms. The lowest BCUT2D eigenvalue weighted by atomic mass is 10.1. The van der Waals surface area contributed by atoms with E-state index in [0.29, 0.717) is 11.6 Å². The van der Waals surface area contributed by atoms with Gasteiger partial charge in [-0.1, -0.05) is 31.2 Å². The van der Waals surface area contributed by atoms with Crippen molar-refractivity contribution < 1.29 is 4.79 Å². The molecular weight excluding hydrogens is 208 g/mol. The summed E-state index contributed by atoms with van der Waals surface area (Å²) in [4.78, 5) is 15.5. The number of thioether (sulfide) groups is 1. The topological polar surface area (TPSA) is 56.0 Å². The van der Waals surface area contributed by atoms with Crippen molar-refractivity contribution in [2.45, 2.75) is 26.2 Å². The van der Waals surface area contributed by atoms with Crippen molar-refractivity contribution in [2.75, 3.05) is 5.88 Å². The van der Waals surface area contributed by atoms with Crippen LogP contribution >= 0.6 is 11.8 Å². The van der Waals surface area contributed by atoms with Crippen LogP contribution in [0.5, 0.6) is 0 Å². The molecule has 3 nitrogen and oxygen atoms in total. The maximum Gasteiger partial charge on any atom is 0.238 e. The Morgan fingerprint density at radius 2 is 2.33 bits per heavy atom. The number of nitrogens with two attached hydrogens (primary N) is 1. The average molecular weight is 224 g/mol. The number of carbonyl (C=O) groups is 1. The largest absolute Gasteiger partial charge is 0.322 e. The SMILES string of the molecule is CCCCc1ccc(C(=O)SCN)nc1. The van der Waals surface area contributed by atoms with Crippen molar-refractivity contribution in [1.82, 2.24) is 4.98 Å². The Labute approximate surface area is 94.5 Å². The highest BCUT2D eigenvalue weighted by Gasteiger charge is 2.06. The molecular formula is C11H16N2OS. The fourth-order valence-electron chi connectivity index (χ4n) is 1.22. The van der Waals surface area contributed by atoms with Gasteiger partial charge < -0.3 is 5.73 Å². The zero-order valence-corrected chi connectivity index (χ0v) is 9.72. The van der Waals surface area contributed by atoms with Crippen LogP contribution in [-0.2, 0) is 6.42 Å². The van der Waals surface area contributed by atoms with E-state index in [1.165, 1.54) is 12.0 Å². The van der Waals surface area contributed by atoms with Crippen LogP contribution in [-0.4, -0.2) is 16.0 Å². The Morgan fingerprint density at radius 3 is 2.87 bits per heavy atom. The highest BCUT2D eigenvalue weighted by atomic mass is 32.2. The minimum absolute atomic E-state index is 0.0560. The molecule has 0 atom stereocenters. The standard InChI is InChI=1S/C11H16N2OS/c1-2-3-4-9-5-6-10(13-7-9)11(14)15-8-12/h5-7H,2-4,8,12H2,1H3. The molecule has 0 saturated heterocycles. The zero-order chi connectivity index (χ0) is 11.1. The third-order valence-corrected chi connectivity index (χ3v) is 2.71. The first-order valence-electron chi connectivity index (χ1n) is 5.10. The second kappa shape index (κ2) is 6.58. The van der Waals surface area contributed by atoms with E-state index in [9.17, 15) is 4.79 Å². The molecule has 0 unspecified atom stereocenters. The molecule has 1 aromatic heterocycles. The smallest absolute Gasteiger partial charge is 0.238 e. The van der Waals surface area contributed by atoms with Crippen LogP contribution < -0.4 is 5.73 Å². The van der Waals surface area contributed by atoms with Crippen molar-refractivity contribution in [3.8, 4) is 0 Å². The Morgan fingerprint density at radius 1 is 1.53 bits per heavy atom. The van der Waals surface area contributed by atoms with Crippen LogP contribution in [0.4, 0.5) is 0 Å². The molecule has 0 aromatic carbocycles. The summed E-state index contributed by atoms with van der Waals surface area (Å²) in [6.07, 6.45) is 5.14. The van der Waals surface area contributed by atoms with E-state index in [0.717, 1.165) is 24.6 Å². The second-order valence-corrected chi connectivity index (χ2v) is 4.25. The van der Waals surface area contributed by atoms with Gasteiger partial charge in [-0.25, -0.2) is 0 Å². The van der Waals surface area contributed by atoms with Gasteiger partial charge in [-0.15, -0.1) is 0 Å². The summed E-state index contributed by atoms with van der Waals surface area (Å²) < 4.78 is 0. The van der Waals surface area contributed by atoms with Gasteiger partial charge in [0.2, 0.25) is 5.12 Å². The normalized spacial score (nSPS) is 10.3. The molecule has 0 saturated carbocycles. The van der Waals surface area contributed by atoms with Gasteiger partial charge in [-0.05, 0) is 24.5 Å². The minimum atomic E-state index is -0.0560. The molecule has 4 heteroatoms. The molecule has 0 fully saturated rings. The highest BCUT2D eigenvalue weighted by Crippen LogP contribution is 2.10. The monoisotopic (exact) mass is 224 g/mol. The Balaban J connectivity index is 2.59. The van der Waals surface area contributed by atoms with Gasteiger partial charge in [-0.3, -0.25) is 9.78 Å². The number of unbranched alkanes of at least 4 members (excludes halogenated alkanes) is 1. The van der Waals surface area contributed by atoms with Crippen LogP contribution in [0.25, 0.3) is 0 Å². The predicted octanol–water partition coefficient (Wildman–Crippen LogP) is 2.21. The molecule has 0 spiro atoms. The van der Waals surface area contributed by atoms with Crippen molar-refractivity contribution >= 4 is 16.9 Å². The first-order chi connectivity index (χ1) is 7.27. The van der Waals surface area contributed by atoms with Gasteiger partial charge in [0.15, 0.2) is 0 Å². The maximum atomic E-state index is 11.4. The average Bonchev–Trinajstić information content (AvgIpc) is 2.27. The quantitative estimate of drug-likeness (QED) is 0.779. The first-order valence-corrected chi connectivity index (χ1v) is 6.08. The molecule has 2 N–H and O–H groups in total. The van der Waals surface area contributed by atoms with Gasteiger partial charge in [0.05, 0.1) is 0 Å². The number of rotatable bonds is 5. The molecule has 0 aliphatic rings. The van der Waals surface area contributed by atoms with Crippen molar-refractivity contribution in [3.63, 3.8) is 0 Å². The van der Waals surface area contributed by atoms with Gasteiger partial charge in [-0.2, -0.15) is 0 Å². The van der Waals surface area contributed by atoms with E-state index >= 15 is 0 Å². The van der Waals surface area contributed by atoms with E-state index in [2.05, 4.69) is 11.9 Å². The predicted molar refractivity (Wildman–Crippen MR) is 63.8 cm³/mol. The van der Waals surface area contributed by atoms with Crippen LogP contribution in [0, 0.1) is 0 Å². The summed E-state index contributed by atoms with van der Waals surface area (Å²) in [5.74, 6) is 0.304. The summed E-state index contributed by atoms with van der Waals surface area (Å²) in [7, 11) is 0. The molecule has 0 radical (unpaired) electrons. The third-order valence-electron chi connectivity index (χ3n) is 2.07. The number of hydrogen-bond acceptors (Lipinski definition) is 4. The minimum Gasteiger partial charge on any atom is -0.322 e. The molecule has 82 valence electrons. The molecule has 0 aliphatic carbocycles. The first kappa shape index (κ1) is 12.2. The number of nitrogens with zero attached hydrogens (tertiary/aromatic N) is 1. The van der Waals surface area contributed by atoms with Gasteiger partial charge in [0.25, 0.3) is 0 Å². The highest BCUT2D eigenvalue weighted by molar-refractivity contribution is 8.14. The van der Waals surface area contributed by atoms with E-state index in [1.54, 1.807) is 12.3 Å². The number of hydrogen-bond donors (Lipinski definition) is 1. The molecule has 1 rings (SSSR count). The van der Waals surface area contributed by atoms with Gasteiger partial charge in [0.1, 0.15) is 5.69 Å². The van der Waals surface area contributed by atoms with E-state index < -0.39 is 0 Å².